The van der Waals surface area contributed by atoms with Gasteiger partial charge in [-0.3, -0.25) is 4.79 Å². The number of amides is 1. The number of carbonyl (C=O) groups is 4. The molecule has 0 aliphatic carbocycles. The van der Waals surface area contributed by atoms with Crippen molar-refractivity contribution in [2.45, 2.75) is 124 Å². The Bertz CT molecular complexity index is 1660. The summed E-state index contributed by atoms with van der Waals surface area (Å²) in [4.78, 5) is 50.6. The molecule has 59 heavy (non-hydrogen) atoms. The van der Waals surface area contributed by atoms with Crippen molar-refractivity contribution in [3.05, 3.63) is 71.2 Å². The summed E-state index contributed by atoms with van der Waals surface area (Å²) in [6.45, 7) is 16.9. The van der Waals surface area contributed by atoms with Gasteiger partial charge in [0.1, 0.15) is 24.9 Å². The lowest BCUT2D eigenvalue weighted by Gasteiger charge is -2.51. The maximum absolute atomic E-state index is 13.8. The molecule has 1 fully saturated rings. The zero-order valence-corrected chi connectivity index (χ0v) is 36.8. The molecule has 14 nitrogen and oxygen atoms in total. The number of hydrogen-bond donors (Lipinski definition) is 3. The highest BCUT2D eigenvalue weighted by molar-refractivity contribution is 5.92. The largest absolute Gasteiger partial charge is 0.490 e. The minimum atomic E-state index is -1.47. The minimum Gasteiger partial charge on any atom is -0.490 e. The van der Waals surface area contributed by atoms with E-state index in [1.165, 1.54) is 21.3 Å². The van der Waals surface area contributed by atoms with Gasteiger partial charge in [-0.05, 0) is 38.2 Å². The second-order valence-corrected chi connectivity index (χ2v) is 16.6. The van der Waals surface area contributed by atoms with Gasteiger partial charge in [-0.15, -0.1) is 0 Å². The van der Waals surface area contributed by atoms with Crippen molar-refractivity contribution in [2.24, 2.45) is 35.5 Å². The number of aliphatic hydroxyl groups is 2. The van der Waals surface area contributed by atoms with Gasteiger partial charge in [0.05, 0.1) is 31.1 Å². The van der Waals surface area contributed by atoms with Gasteiger partial charge in [-0.25, -0.2) is 14.4 Å². The number of esters is 3. The summed E-state index contributed by atoms with van der Waals surface area (Å²) in [5.74, 6) is -6.26. The topological polar surface area (TPSA) is 185 Å². The van der Waals surface area contributed by atoms with Crippen molar-refractivity contribution in [2.75, 3.05) is 27.9 Å². The molecule has 3 rings (SSSR count). The molecule has 0 aromatic carbocycles. The first-order valence-corrected chi connectivity index (χ1v) is 20.4. The van der Waals surface area contributed by atoms with Gasteiger partial charge >= 0.3 is 17.9 Å². The molecule has 3 aliphatic heterocycles. The number of aliphatic hydroxyl groups excluding tert-OH is 2. The highest BCUT2D eigenvalue weighted by atomic mass is 16.7. The van der Waals surface area contributed by atoms with E-state index in [1.54, 1.807) is 32.1 Å². The molecule has 3 aliphatic rings. The number of rotatable bonds is 13. The van der Waals surface area contributed by atoms with Crippen LogP contribution in [0.1, 0.15) is 81.6 Å². The number of hydrogen-bond acceptors (Lipinski definition) is 13. The monoisotopic (exact) mass is 829 g/mol. The summed E-state index contributed by atoms with van der Waals surface area (Å²) in [5, 5.41) is 25.8. The molecule has 1 amide bonds. The summed E-state index contributed by atoms with van der Waals surface area (Å²) in [5.41, 5.74) is 2.20. The summed E-state index contributed by atoms with van der Waals surface area (Å²) < 4.78 is 41.4. The molecule has 0 aromatic heterocycles. The summed E-state index contributed by atoms with van der Waals surface area (Å²) >= 11 is 0. The lowest BCUT2D eigenvalue weighted by molar-refractivity contribution is -0.339. The molecule has 0 bridgehead atoms. The molecular weight excluding hydrogens is 762 g/mol. The molecule has 3 N–H and O–H groups in total. The fraction of sp³-hybridized carbons (Fsp3) is 0.644. The third kappa shape index (κ3) is 13.5. The van der Waals surface area contributed by atoms with Crippen molar-refractivity contribution in [1.82, 2.24) is 5.32 Å². The number of ether oxygens (including phenoxy) is 7. The van der Waals surface area contributed by atoms with E-state index in [0.29, 0.717) is 17.7 Å². The Morgan fingerprint density at radius 1 is 1.03 bits per heavy atom. The standard InChI is InChI=1S/C45H67NO13/c1-25(2)42-30(7)36(57-39(49)19-18-38(48)56-24-33-16-17-37(47)46-33)23-45(55-12,59-42)32(9)41(51)31(8)43-34(53-10)15-13-14-26(3)20-28(5)40(50)29(6)21-27(4)22-35(54-11)44(52)58-43/h13-16,18-19,21-22,25,28-32,34,36,40-43,50-51H,17,20,23-24H2,1-12H3,(H,46,47)/b15-13+,19-18+,26-14+,27-21+,35-22-/t28-,29-,30+,31-,32+,34-,36-,40-,41+,42-,43+,45+/m1/s1. The second kappa shape index (κ2) is 22.5. The Hall–Kier alpha value is -4.08. The van der Waals surface area contributed by atoms with E-state index in [4.69, 9.17) is 33.2 Å². The van der Waals surface area contributed by atoms with Crippen LogP contribution in [0.2, 0.25) is 0 Å². The number of allylic oxidation sites excluding steroid dienone is 5. The SMILES string of the molecule is CO/C1=C\C(C)=C\[C@@H](C)[C@H](O)[C@H](C)C/C(C)=C/C=C/[C@@H](OC)[C@H]([C@H](C)[C@H](O)[C@H](C)[C@]2(OC)C[C@@H](OC(=O)/C=C/C(=O)OCC3=CCC(=O)N3)[C@H](C)[C@@H](C(C)C)O2)OC1=O. The van der Waals surface area contributed by atoms with E-state index in [0.717, 1.165) is 17.7 Å². The number of nitrogens with one attached hydrogen (secondary N) is 1. The molecule has 0 saturated carbocycles. The molecular formula is C45H67NO13. The van der Waals surface area contributed by atoms with Crippen LogP contribution in [0.15, 0.2) is 71.2 Å². The van der Waals surface area contributed by atoms with Crippen LogP contribution in [-0.4, -0.2) is 104 Å². The van der Waals surface area contributed by atoms with Crippen molar-refractivity contribution >= 4 is 23.8 Å². The molecule has 12 atom stereocenters. The first kappa shape index (κ1) is 49.3. The first-order valence-electron chi connectivity index (χ1n) is 20.4. The smallest absolute Gasteiger partial charge is 0.373 e. The predicted molar refractivity (Wildman–Crippen MR) is 220 cm³/mol. The number of methoxy groups -OCH3 is 3. The average Bonchev–Trinajstić information content (AvgIpc) is 3.62. The van der Waals surface area contributed by atoms with Crippen LogP contribution < -0.4 is 5.32 Å². The predicted octanol–water partition coefficient (Wildman–Crippen LogP) is 5.40. The quantitative estimate of drug-likeness (QED) is 0.122. The fourth-order valence-electron chi connectivity index (χ4n) is 8.08. The van der Waals surface area contributed by atoms with E-state index in [2.05, 4.69) is 5.32 Å². The lowest BCUT2D eigenvalue weighted by atomic mass is 9.76. The van der Waals surface area contributed by atoms with E-state index in [9.17, 15) is 29.4 Å². The van der Waals surface area contributed by atoms with Crippen molar-refractivity contribution < 1.29 is 62.5 Å². The van der Waals surface area contributed by atoms with Crippen molar-refractivity contribution in [1.29, 1.82) is 0 Å². The summed E-state index contributed by atoms with van der Waals surface area (Å²) in [7, 11) is 4.32. The Morgan fingerprint density at radius 3 is 2.31 bits per heavy atom. The van der Waals surface area contributed by atoms with E-state index in [-0.39, 0.29) is 54.8 Å². The van der Waals surface area contributed by atoms with Crippen LogP contribution in [0.5, 0.6) is 0 Å². The van der Waals surface area contributed by atoms with E-state index in [1.807, 2.05) is 66.7 Å². The molecule has 1 saturated heterocycles. The number of cyclic esters (lactones) is 1. The van der Waals surface area contributed by atoms with Crippen molar-refractivity contribution in [3.8, 4) is 0 Å². The zero-order chi connectivity index (χ0) is 44.2. The van der Waals surface area contributed by atoms with Gasteiger partial charge in [0, 0.05) is 62.9 Å². The number of carbonyl (C=O) groups excluding carboxylic acids is 4. The van der Waals surface area contributed by atoms with E-state index < -0.39 is 72.2 Å². The maximum Gasteiger partial charge on any atom is 0.373 e. The van der Waals surface area contributed by atoms with Gasteiger partial charge < -0.3 is 48.7 Å². The molecule has 0 aromatic rings. The van der Waals surface area contributed by atoms with Crippen molar-refractivity contribution in [3.63, 3.8) is 0 Å². The van der Waals surface area contributed by atoms with Gasteiger partial charge in [-0.2, -0.15) is 0 Å². The van der Waals surface area contributed by atoms with Gasteiger partial charge in [-0.1, -0.05) is 90.0 Å². The third-order valence-electron chi connectivity index (χ3n) is 11.6. The zero-order valence-electron chi connectivity index (χ0n) is 36.8. The van der Waals surface area contributed by atoms with Crippen LogP contribution >= 0.6 is 0 Å². The van der Waals surface area contributed by atoms with Gasteiger partial charge in [0.15, 0.2) is 5.79 Å². The summed E-state index contributed by atoms with van der Waals surface area (Å²) in [6.07, 6.45) is 8.47. The highest BCUT2D eigenvalue weighted by Gasteiger charge is 2.54. The average molecular weight is 830 g/mol. The molecule has 0 spiro atoms. The Balaban J connectivity index is 1.93. The Labute approximate surface area is 349 Å². The first-order chi connectivity index (χ1) is 27.8. The van der Waals surface area contributed by atoms with Gasteiger partial charge in [0.2, 0.25) is 11.7 Å². The third-order valence-corrected chi connectivity index (χ3v) is 11.6. The highest BCUT2D eigenvalue weighted by Crippen LogP contribution is 2.44. The fourth-order valence-corrected chi connectivity index (χ4v) is 8.08. The van der Waals surface area contributed by atoms with Crippen LogP contribution in [0.25, 0.3) is 0 Å². The molecule has 330 valence electrons. The Morgan fingerprint density at radius 2 is 1.71 bits per heavy atom. The van der Waals surface area contributed by atoms with E-state index >= 15 is 0 Å². The molecule has 14 heteroatoms. The maximum atomic E-state index is 13.8. The van der Waals surface area contributed by atoms with Crippen LogP contribution in [0.3, 0.4) is 0 Å². The molecule has 3 heterocycles. The van der Waals surface area contributed by atoms with Crippen LogP contribution in [-0.2, 0) is 52.3 Å². The van der Waals surface area contributed by atoms with Crippen LogP contribution in [0, 0.1) is 35.5 Å². The van der Waals surface area contributed by atoms with Gasteiger partial charge in [0.25, 0.3) is 0 Å². The molecule has 0 radical (unpaired) electrons. The lowest BCUT2D eigenvalue weighted by Crippen LogP contribution is -2.60. The van der Waals surface area contributed by atoms with Crippen LogP contribution in [0.4, 0.5) is 0 Å². The minimum absolute atomic E-state index is 0.0343. The summed E-state index contributed by atoms with van der Waals surface area (Å²) in [6, 6.07) is 0. The second-order valence-electron chi connectivity index (χ2n) is 16.6. The molecule has 0 unspecified atom stereocenters. The normalized spacial score (nSPS) is 34.8. The Kier molecular flexibility index (Phi) is 18.8.